The predicted octanol–water partition coefficient (Wildman–Crippen LogP) is 2.38. The first-order valence-corrected chi connectivity index (χ1v) is 9.82. The van der Waals surface area contributed by atoms with E-state index in [4.69, 9.17) is 0 Å². The molecule has 8 nitrogen and oxygen atoms in total. The standard InChI is InChI=1S/C19H25F3N6O2/c1-11-14(12(2)25-24-11)3-4-17(29)28-7-5-13(6-8-28)15-9-16(27-26-15)18(30)23-10-19(20,21)22/h9,13H,3-8,10H2,1-2H3,(H,23,30)(H,24,25)(H,26,27). The third-order valence-corrected chi connectivity index (χ3v) is 5.44. The summed E-state index contributed by atoms with van der Waals surface area (Å²) in [5.41, 5.74) is 3.59. The second-order valence-corrected chi connectivity index (χ2v) is 7.57. The fraction of sp³-hybridized carbons (Fsp3) is 0.579. The zero-order valence-electron chi connectivity index (χ0n) is 16.9. The van der Waals surface area contributed by atoms with Gasteiger partial charge in [0.2, 0.25) is 5.91 Å². The molecular weight excluding hydrogens is 401 g/mol. The summed E-state index contributed by atoms with van der Waals surface area (Å²) in [5, 5.41) is 15.4. The van der Waals surface area contributed by atoms with Crippen LogP contribution in [0.25, 0.3) is 0 Å². The molecule has 0 aliphatic carbocycles. The fourth-order valence-corrected chi connectivity index (χ4v) is 3.71. The number of piperidine rings is 1. The Kier molecular flexibility index (Phi) is 6.47. The van der Waals surface area contributed by atoms with Crippen LogP contribution in [-0.4, -0.2) is 62.9 Å². The summed E-state index contributed by atoms with van der Waals surface area (Å²) in [6.07, 6.45) is -2.02. The number of halogens is 3. The Labute approximate surface area is 171 Å². The second-order valence-electron chi connectivity index (χ2n) is 7.57. The Morgan fingerprint density at radius 1 is 1.20 bits per heavy atom. The first-order chi connectivity index (χ1) is 14.1. The predicted molar refractivity (Wildman–Crippen MR) is 102 cm³/mol. The van der Waals surface area contributed by atoms with Crippen molar-refractivity contribution < 1.29 is 22.8 Å². The number of carbonyl (C=O) groups excluding carboxylic acids is 2. The number of rotatable bonds is 6. The fourth-order valence-electron chi connectivity index (χ4n) is 3.71. The van der Waals surface area contributed by atoms with E-state index in [1.54, 1.807) is 5.32 Å². The molecule has 0 saturated carbocycles. The molecule has 0 spiro atoms. The first kappa shape index (κ1) is 21.8. The highest BCUT2D eigenvalue weighted by Crippen LogP contribution is 2.27. The third-order valence-electron chi connectivity index (χ3n) is 5.44. The number of H-pyrrole nitrogens is 2. The molecule has 3 rings (SSSR count). The highest BCUT2D eigenvalue weighted by atomic mass is 19.4. The molecule has 0 atom stereocenters. The van der Waals surface area contributed by atoms with Crippen molar-refractivity contribution in [1.82, 2.24) is 30.6 Å². The van der Waals surface area contributed by atoms with E-state index in [2.05, 4.69) is 20.4 Å². The summed E-state index contributed by atoms with van der Waals surface area (Å²) in [6, 6.07) is 1.48. The smallest absolute Gasteiger partial charge is 0.343 e. The molecule has 2 aromatic heterocycles. The lowest BCUT2D eigenvalue weighted by atomic mass is 9.93. The number of amides is 2. The zero-order valence-corrected chi connectivity index (χ0v) is 16.9. The first-order valence-electron chi connectivity index (χ1n) is 9.82. The minimum atomic E-state index is -4.47. The van der Waals surface area contributed by atoms with Crippen molar-refractivity contribution in [1.29, 1.82) is 0 Å². The average molecular weight is 426 g/mol. The maximum atomic E-state index is 12.5. The maximum absolute atomic E-state index is 12.5. The van der Waals surface area contributed by atoms with E-state index in [9.17, 15) is 22.8 Å². The number of nitrogens with zero attached hydrogens (tertiary/aromatic N) is 3. The molecule has 11 heteroatoms. The van der Waals surface area contributed by atoms with Gasteiger partial charge in [-0.2, -0.15) is 23.4 Å². The molecule has 1 aliphatic heterocycles. The molecule has 3 heterocycles. The van der Waals surface area contributed by atoms with Crippen LogP contribution in [0.15, 0.2) is 6.07 Å². The van der Waals surface area contributed by atoms with Crippen molar-refractivity contribution in [3.8, 4) is 0 Å². The van der Waals surface area contributed by atoms with Crippen LogP contribution in [0.1, 0.15) is 58.3 Å². The van der Waals surface area contributed by atoms with Gasteiger partial charge in [-0.05, 0) is 44.7 Å². The van der Waals surface area contributed by atoms with E-state index >= 15 is 0 Å². The summed E-state index contributed by atoms with van der Waals surface area (Å²) in [5.74, 6) is -0.707. The zero-order chi connectivity index (χ0) is 21.9. The highest BCUT2D eigenvalue weighted by Gasteiger charge is 2.29. The lowest BCUT2D eigenvalue weighted by molar-refractivity contribution is -0.132. The monoisotopic (exact) mass is 426 g/mol. The van der Waals surface area contributed by atoms with Crippen LogP contribution in [0, 0.1) is 13.8 Å². The van der Waals surface area contributed by atoms with E-state index in [-0.39, 0.29) is 17.5 Å². The number of likely N-dealkylation sites (tertiary alicyclic amines) is 1. The van der Waals surface area contributed by atoms with Crippen molar-refractivity contribution in [2.75, 3.05) is 19.6 Å². The molecule has 1 fully saturated rings. The quantitative estimate of drug-likeness (QED) is 0.659. The maximum Gasteiger partial charge on any atom is 0.405 e. The number of aryl methyl sites for hydroxylation is 2. The van der Waals surface area contributed by atoms with Crippen LogP contribution in [-0.2, 0) is 11.2 Å². The van der Waals surface area contributed by atoms with E-state index < -0.39 is 18.6 Å². The minimum absolute atomic E-state index is 0.0707. The lowest BCUT2D eigenvalue weighted by Gasteiger charge is -2.31. The molecule has 0 bridgehead atoms. The third kappa shape index (κ3) is 5.39. The van der Waals surface area contributed by atoms with E-state index in [0.29, 0.717) is 44.5 Å². The largest absolute Gasteiger partial charge is 0.405 e. The summed E-state index contributed by atoms with van der Waals surface area (Å²) in [6.45, 7) is 3.62. The molecule has 1 saturated heterocycles. The van der Waals surface area contributed by atoms with Crippen LogP contribution < -0.4 is 5.32 Å². The summed E-state index contributed by atoms with van der Waals surface area (Å²) >= 11 is 0. The van der Waals surface area contributed by atoms with Gasteiger partial charge in [-0.15, -0.1) is 0 Å². The SMILES string of the molecule is Cc1n[nH]c(C)c1CCC(=O)N1CCC(c2cc(C(=O)NCC(F)(F)F)n[nH]2)CC1. The topological polar surface area (TPSA) is 107 Å². The number of nitrogens with one attached hydrogen (secondary N) is 3. The van der Waals surface area contributed by atoms with Crippen LogP contribution in [0.4, 0.5) is 13.2 Å². The Bertz CT molecular complexity index is 877. The van der Waals surface area contributed by atoms with Crippen LogP contribution >= 0.6 is 0 Å². The molecule has 2 aromatic rings. The van der Waals surface area contributed by atoms with Gasteiger partial charge in [0.1, 0.15) is 12.2 Å². The number of aromatic amines is 2. The van der Waals surface area contributed by atoms with Crippen molar-refractivity contribution in [2.24, 2.45) is 0 Å². The normalized spacial score (nSPS) is 15.4. The van der Waals surface area contributed by atoms with Gasteiger partial charge in [0.15, 0.2) is 0 Å². The Balaban J connectivity index is 1.48. The number of carbonyl (C=O) groups is 2. The minimum Gasteiger partial charge on any atom is -0.343 e. The van der Waals surface area contributed by atoms with Gasteiger partial charge in [0.05, 0.1) is 5.69 Å². The van der Waals surface area contributed by atoms with Gasteiger partial charge >= 0.3 is 6.18 Å². The molecular formula is C19H25F3N6O2. The number of hydrogen-bond acceptors (Lipinski definition) is 4. The van der Waals surface area contributed by atoms with Crippen molar-refractivity contribution in [3.63, 3.8) is 0 Å². The van der Waals surface area contributed by atoms with Crippen molar-refractivity contribution in [3.05, 3.63) is 34.4 Å². The molecule has 2 amide bonds. The summed E-state index contributed by atoms with van der Waals surface area (Å²) in [4.78, 5) is 26.2. The molecule has 0 radical (unpaired) electrons. The van der Waals surface area contributed by atoms with Gasteiger partial charge in [-0.3, -0.25) is 19.8 Å². The molecule has 0 aromatic carbocycles. The Morgan fingerprint density at radius 3 is 2.50 bits per heavy atom. The molecule has 164 valence electrons. The van der Waals surface area contributed by atoms with Gasteiger partial charge in [0.25, 0.3) is 5.91 Å². The van der Waals surface area contributed by atoms with E-state index in [1.165, 1.54) is 6.07 Å². The molecule has 0 unspecified atom stereocenters. The Hall–Kier alpha value is -2.85. The average Bonchev–Trinajstić information content (AvgIpc) is 3.31. The van der Waals surface area contributed by atoms with Crippen molar-refractivity contribution >= 4 is 11.8 Å². The second kappa shape index (κ2) is 8.88. The lowest BCUT2D eigenvalue weighted by Crippen LogP contribution is -2.38. The van der Waals surface area contributed by atoms with Gasteiger partial charge in [-0.1, -0.05) is 0 Å². The van der Waals surface area contributed by atoms with Gasteiger partial charge in [-0.25, -0.2) is 0 Å². The van der Waals surface area contributed by atoms with Crippen LogP contribution in [0.2, 0.25) is 0 Å². The van der Waals surface area contributed by atoms with Crippen LogP contribution in [0.3, 0.4) is 0 Å². The van der Waals surface area contributed by atoms with Gasteiger partial charge < -0.3 is 10.2 Å². The number of alkyl halides is 3. The highest BCUT2D eigenvalue weighted by molar-refractivity contribution is 5.92. The number of hydrogen-bond donors (Lipinski definition) is 3. The number of aromatic nitrogens is 4. The van der Waals surface area contributed by atoms with Crippen molar-refractivity contribution in [2.45, 2.75) is 51.6 Å². The molecule has 3 N–H and O–H groups in total. The summed E-state index contributed by atoms with van der Waals surface area (Å²) < 4.78 is 36.7. The molecule has 1 aliphatic rings. The van der Waals surface area contributed by atoms with E-state index in [1.807, 2.05) is 18.7 Å². The summed E-state index contributed by atoms with van der Waals surface area (Å²) in [7, 11) is 0. The molecule has 30 heavy (non-hydrogen) atoms. The van der Waals surface area contributed by atoms with E-state index in [0.717, 1.165) is 17.0 Å². The van der Waals surface area contributed by atoms with Crippen LogP contribution in [0.5, 0.6) is 0 Å². The Morgan fingerprint density at radius 2 is 1.90 bits per heavy atom. The van der Waals surface area contributed by atoms with Gasteiger partial charge in [0, 0.05) is 36.8 Å².